The van der Waals surface area contributed by atoms with E-state index >= 15 is 0 Å². The van der Waals surface area contributed by atoms with Crippen LogP contribution in [0.5, 0.6) is 0 Å². The number of carbonyl (C=O) groups excluding carboxylic acids is 2. The van der Waals surface area contributed by atoms with Gasteiger partial charge in [0.05, 0.1) is 6.54 Å². The number of likely N-dealkylation sites (N-methyl/N-ethyl adjacent to an activating group) is 1. The molecule has 11 nitrogen and oxygen atoms in total. The van der Waals surface area contributed by atoms with Crippen molar-refractivity contribution in [3.63, 3.8) is 0 Å². The number of amides is 2. The molecule has 24 heavy (non-hydrogen) atoms. The zero-order chi connectivity index (χ0) is 18.7. The lowest BCUT2D eigenvalue weighted by molar-refractivity contribution is -0.144. The Morgan fingerprint density at radius 1 is 0.833 bits per heavy atom. The van der Waals surface area contributed by atoms with Crippen molar-refractivity contribution in [3.05, 3.63) is 0 Å². The molecule has 0 aromatic carbocycles. The van der Waals surface area contributed by atoms with Crippen molar-refractivity contribution < 1.29 is 39.3 Å². The number of carbonyl (C=O) groups is 5. The SMILES string of the molecule is CNCC(=O)N[C@@H](CCC(=O)O)C(=O)N[C@@H](CCC(=O)O)C(=O)O. The van der Waals surface area contributed by atoms with E-state index < -0.39 is 54.6 Å². The van der Waals surface area contributed by atoms with Gasteiger partial charge in [0.25, 0.3) is 0 Å². The van der Waals surface area contributed by atoms with E-state index in [1.165, 1.54) is 7.05 Å². The summed E-state index contributed by atoms with van der Waals surface area (Å²) in [6.07, 6.45) is -1.46. The molecule has 0 aromatic rings. The van der Waals surface area contributed by atoms with Crippen LogP contribution in [-0.2, 0) is 24.0 Å². The van der Waals surface area contributed by atoms with Gasteiger partial charge in [0.1, 0.15) is 12.1 Å². The molecule has 136 valence electrons. The fourth-order valence-corrected chi connectivity index (χ4v) is 1.74. The van der Waals surface area contributed by atoms with Gasteiger partial charge in [-0.25, -0.2) is 4.79 Å². The van der Waals surface area contributed by atoms with Crippen molar-refractivity contribution in [1.29, 1.82) is 0 Å². The van der Waals surface area contributed by atoms with Crippen LogP contribution < -0.4 is 16.0 Å². The summed E-state index contributed by atoms with van der Waals surface area (Å²) >= 11 is 0. The molecule has 0 aliphatic rings. The molecular formula is C13H21N3O8. The molecule has 0 aliphatic heterocycles. The summed E-state index contributed by atoms with van der Waals surface area (Å²) in [4.78, 5) is 55.8. The summed E-state index contributed by atoms with van der Waals surface area (Å²) in [5.41, 5.74) is 0. The molecule has 2 atom stereocenters. The lowest BCUT2D eigenvalue weighted by Crippen LogP contribution is -2.52. The van der Waals surface area contributed by atoms with Crippen molar-refractivity contribution in [2.24, 2.45) is 0 Å². The van der Waals surface area contributed by atoms with Gasteiger partial charge in [-0.15, -0.1) is 0 Å². The normalized spacial score (nSPS) is 12.7. The highest BCUT2D eigenvalue weighted by Crippen LogP contribution is 2.03. The Morgan fingerprint density at radius 2 is 1.33 bits per heavy atom. The molecule has 0 aliphatic carbocycles. The molecule has 0 bridgehead atoms. The van der Waals surface area contributed by atoms with E-state index in [-0.39, 0.29) is 19.4 Å². The second-order valence-electron chi connectivity index (χ2n) is 4.91. The Kier molecular flexibility index (Phi) is 9.71. The summed E-state index contributed by atoms with van der Waals surface area (Å²) in [5, 5.41) is 33.2. The lowest BCUT2D eigenvalue weighted by atomic mass is 10.1. The maximum absolute atomic E-state index is 12.1. The van der Waals surface area contributed by atoms with Crippen molar-refractivity contribution in [2.45, 2.75) is 37.8 Å². The quantitative estimate of drug-likeness (QED) is 0.232. The van der Waals surface area contributed by atoms with Gasteiger partial charge in [0.15, 0.2) is 0 Å². The minimum atomic E-state index is -1.46. The average Bonchev–Trinajstić information content (AvgIpc) is 2.46. The molecule has 2 amide bonds. The first kappa shape index (κ1) is 21.3. The van der Waals surface area contributed by atoms with Crippen molar-refractivity contribution in [2.75, 3.05) is 13.6 Å². The molecule has 0 fully saturated rings. The van der Waals surface area contributed by atoms with Crippen LogP contribution in [0.3, 0.4) is 0 Å². The number of carboxylic acid groups (broad SMARTS) is 3. The lowest BCUT2D eigenvalue weighted by Gasteiger charge is -2.20. The van der Waals surface area contributed by atoms with E-state index in [0.29, 0.717) is 0 Å². The Bertz CT molecular complexity index is 494. The van der Waals surface area contributed by atoms with Crippen LogP contribution in [-0.4, -0.2) is 70.7 Å². The molecule has 6 N–H and O–H groups in total. The maximum Gasteiger partial charge on any atom is 0.326 e. The molecular weight excluding hydrogens is 326 g/mol. The third-order valence-corrected chi connectivity index (χ3v) is 2.90. The molecule has 11 heteroatoms. The summed E-state index contributed by atoms with van der Waals surface area (Å²) in [6.45, 7) is -0.113. The van der Waals surface area contributed by atoms with E-state index in [0.717, 1.165) is 0 Å². The van der Waals surface area contributed by atoms with Crippen molar-refractivity contribution >= 4 is 29.7 Å². The van der Waals surface area contributed by atoms with Gasteiger partial charge in [0.2, 0.25) is 11.8 Å². The minimum absolute atomic E-state index is 0.113. The smallest absolute Gasteiger partial charge is 0.326 e. The molecule has 0 heterocycles. The number of aliphatic carboxylic acids is 3. The largest absolute Gasteiger partial charge is 0.481 e. The highest BCUT2D eigenvalue weighted by Gasteiger charge is 2.27. The zero-order valence-electron chi connectivity index (χ0n) is 13.1. The van der Waals surface area contributed by atoms with Crippen LogP contribution in [0, 0.1) is 0 Å². The molecule has 0 radical (unpaired) electrons. The van der Waals surface area contributed by atoms with Crippen LogP contribution in [0.15, 0.2) is 0 Å². The first-order chi connectivity index (χ1) is 11.2. The second kappa shape index (κ2) is 10.9. The summed E-state index contributed by atoms with van der Waals surface area (Å²) in [6, 6.07) is -2.70. The first-order valence-corrected chi connectivity index (χ1v) is 7.08. The van der Waals surface area contributed by atoms with E-state index in [1.54, 1.807) is 0 Å². The fourth-order valence-electron chi connectivity index (χ4n) is 1.74. The summed E-state index contributed by atoms with van der Waals surface area (Å²) in [5.74, 6) is -5.29. The topological polar surface area (TPSA) is 182 Å². The number of hydrogen-bond donors (Lipinski definition) is 6. The summed E-state index contributed by atoms with van der Waals surface area (Å²) in [7, 11) is 1.50. The maximum atomic E-state index is 12.1. The average molecular weight is 347 g/mol. The van der Waals surface area contributed by atoms with Crippen LogP contribution in [0.2, 0.25) is 0 Å². The van der Waals surface area contributed by atoms with E-state index in [4.69, 9.17) is 15.3 Å². The predicted molar refractivity (Wildman–Crippen MR) is 79.2 cm³/mol. The minimum Gasteiger partial charge on any atom is -0.481 e. The van der Waals surface area contributed by atoms with Gasteiger partial charge in [-0.1, -0.05) is 0 Å². The standard InChI is InChI=1S/C13H21N3O8/c1-14-6-9(17)15-7(2-4-10(18)19)12(22)16-8(13(23)24)3-5-11(20)21/h7-8,14H,2-6H2,1H3,(H,15,17)(H,16,22)(H,18,19)(H,20,21)(H,23,24)/t7-,8-/m0/s1. The van der Waals surface area contributed by atoms with E-state index in [9.17, 15) is 24.0 Å². The fraction of sp³-hybridized carbons (Fsp3) is 0.615. The van der Waals surface area contributed by atoms with Crippen molar-refractivity contribution in [1.82, 2.24) is 16.0 Å². The monoisotopic (exact) mass is 347 g/mol. The van der Waals surface area contributed by atoms with Crippen LogP contribution >= 0.6 is 0 Å². The Balaban J connectivity index is 4.90. The highest BCUT2D eigenvalue weighted by molar-refractivity contribution is 5.91. The highest BCUT2D eigenvalue weighted by atomic mass is 16.4. The summed E-state index contributed by atoms with van der Waals surface area (Å²) < 4.78 is 0. The Labute approximate surface area is 137 Å². The zero-order valence-corrected chi connectivity index (χ0v) is 13.1. The van der Waals surface area contributed by atoms with Gasteiger partial charge in [-0.05, 0) is 19.9 Å². The van der Waals surface area contributed by atoms with Crippen molar-refractivity contribution in [3.8, 4) is 0 Å². The van der Waals surface area contributed by atoms with Gasteiger partial charge < -0.3 is 31.3 Å². The van der Waals surface area contributed by atoms with Gasteiger partial charge in [-0.3, -0.25) is 19.2 Å². The molecule has 0 saturated heterocycles. The Hall–Kier alpha value is -2.69. The van der Waals surface area contributed by atoms with Crippen LogP contribution in [0.25, 0.3) is 0 Å². The van der Waals surface area contributed by atoms with Crippen LogP contribution in [0.4, 0.5) is 0 Å². The Morgan fingerprint density at radius 3 is 1.75 bits per heavy atom. The third kappa shape index (κ3) is 9.35. The van der Waals surface area contributed by atoms with Gasteiger partial charge >= 0.3 is 17.9 Å². The molecule has 0 saturated carbocycles. The molecule has 0 spiro atoms. The molecule has 0 unspecified atom stereocenters. The van der Waals surface area contributed by atoms with Gasteiger partial charge in [0, 0.05) is 12.8 Å². The third-order valence-electron chi connectivity index (χ3n) is 2.90. The van der Waals surface area contributed by atoms with Gasteiger partial charge in [-0.2, -0.15) is 0 Å². The predicted octanol–water partition coefficient (Wildman–Crippen LogP) is -2.01. The first-order valence-electron chi connectivity index (χ1n) is 7.08. The van der Waals surface area contributed by atoms with Crippen LogP contribution in [0.1, 0.15) is 25.7 Å². The molecule has 0 rings (SSSR count). The second-order valence-corrected chi connectivity index (χ2v) is 4.91. The molecule has 0 aromatic heterocycles. The number of carboxylic acids is 3. The number of hydrogen-bond acceptors (Lipinski definition) is 6. The van der Waals surface area contributed by atoms with E-state index in [1.807, 2.05) is 0 Å². The van der Waals surface area contributed by atoms with E-state index in [2.05, 4.69) is 16.0 Å². The number of nitrogens with one attached hydrogen (secondary N) is 3. The number of rotatable bonds is 12.